The van der Waals surface area contributed by atoms with Crippen LogP contribution in [0.5, 0.6) is 11.5 Å². The average Bonchev–Trinajstić information content (AvgIpc) is 2.34. The number of ether oxygens (including phenoxy) is 2. The maximum atomic E-state index is 5.49. The number of methoxy groups -OCH3 is 2. The SMILES string of the molecule is COc1cc(/C=C/CN)c(C(C)C)cc1OC. The summed E-state index contributed by atoms with van der Waals surface area (Å²) >= 11 is 0. The summed E-state index contributed by atoms with van der Waals surface area (Å²) in [7, 11) is 3.29. The van der Waals surface area contributed by atoms with Crippen LogP contribution in [0.1, 0.15) is 30.9 Å². The van der Waals surface area contributed by atoms with Gasteiger partial charge >= 0.3 is 0 Å². The number of hydrogen-bond acceptors (Lipinski definition) is 3. The molecule has 0 fully saturated rings. The first-order valence-electron chi connectivity index (χ1n) is 5.76. The molecule has 0 aliphatic heterocycles. The highest BCUT2D eigenvalue weighted by Gasteiger charge is 2.11. The number of nitrogens with two attached hydrogens (primary N) is 1. The smallest absolute Gasteiger partial charge is 0.161 e. The first kappa shape index (κ1) is 13.6. The molecule has 0 amide bonds. The maximum absolute atomic E-state index is 5.49. The van der Waals surface area contributed by atoms with Crippen molar-refractivity contribution in [1.29, 1.82) is 0 Å². The summed E-state index contributed by atoms with van der Waals surface area (Å²) in [6.45, 7) is 4.84. The molecule has 17 heavy (non-hydrogen) atoms. The molecule has 0 unspecified atom stereocenters. The fourth-order valence-corrected chi connectivity index (χ4v) is 1.75. The van der Waals surface area contributed by atoms with Gasteiger partial charge in [0.2, 0.25) is 0 Å². The standard InChI is InChI=1S/C14H21NO2/c1-10(2)12-9-14(17-4)13(16-3)8-11(12)6-5-7-15/h5-6,8-10H,7,15H2,1-4H3/b6-5+. The van der Waals surface area contributed by atoms with E-state index in [1.54, 1.807) is 14.2 Å². The third-order valence-corrected chi connectivity index (χ3v) is 2.64. The maximum Gasteiger partial charge on any atom is 0.161 e. The normalized spacial score (nSPS) is 11.2. The Bertz CT molecular complexity index is 397. The van der Waals surface area contributed by atoms with Gasteiger partial charge in [0.15, 0.2) is 11.5 Å². The van der Waals surface area contributed by atoms with Crippen molar-refractivity contribution in [3.05, 3.63) is 29.3 Å². The predicted octanol–water partition coefficient (Wildman–Crippen LogP) is 2.80. The Labute approximate surface area is 103 Å². The van der Waals surface area contributed by atoms with E-state index in [9.17, 15) is 0 Å². The zero-order valence-corrected chi connectivity index (χ0v) is 11.0. The minimum absolute atomic E-state index is 0.423. The van der Waals surface area contributed by atoms with Crippen LogP contribution in [0, 0.1) is 0 Å². The summed E-state index contributed by atoms with van der Waals surface area (Å²) in [5.74, 6) is 1.93. The summed E-state index contributed by atoms with van der Waals surface area (Å²) in [4.78, 5) is 0. The highest BCUT2D eigenvalue weighted by atomic mass is 16.5. The highest BCUT2D eigenvalue weighted by Crippen LogP contribution is 2.34. The van der Waals surface area contributed by atoms with E-state index < -0.39 is 0 Å². The van der Waals surface area contributed by atoms with Crippen LogP contribution in [0.15, 0.2) is 18.2 Å². The molecular weight excluding hydrogens is 214 g/mol. The molecule has 0 saturated heterocycles. The molecule has 3 heteroatoms. The molecule has 1 rings (SSSR count). The van der Waals surface area contributed by atoms with E-state index in [0.29, 0.717) is 12.5 Å². The Morgan fingerprint density at radius 2 is 1.76 bits per heavy atom. The van der Waals surface area contributed by atoms with Gasteiger partial charge in [-0.05, 0) is 29.2 Å². The summed E-state index contributed by atoms with van der Waals surface area (Å²) < 4.78 is 10.6. The molecule has 0 aliphatic rings. The van der Waals surface area contributed by atoms with Crippen LogP contribution in [0.4, 0.5) is 0 Å². The van der Waals surface area contributed by atoms with Crippen LogP contribution in [0.3, 0.4) is 0 Å². The first-order chi connectivity index (χ1) is 8.13. The minimum Gasteiger partial charge on any atom is -0.493 e. The fourth-order valence-electron chi connectivity index (χ4n) is 1.75. The van der Waals surface area contributed by atoms with Gasteiger partial charge in [-0.15, -0.1) is 0 Å². The fraction of sp³-hybridized carbons (Fsp3) is 0.429. The molecule has 0 aliphatic carbocycles. The Balaban J connectivity index is 3.29. The van der Waals surface area contributed by atoms with Gasteiger partial charge in [0.25, 0.3) is 0 Å². The zero-order valence-electron chi connectivity index (χ0n) is 11.0. The van der Waals surface area contributed by atoms with Crippen molar-refractivity contribution >= 4 is 6.08 Å². The number of benzene rings is 1. The van der Waals surface area contributed by atoms with E-state index in [0.717, 1.165) is 17.1 Å². The van der Waals surface area contributed by atoms with Gasteiger partial charge in [0, 0.05) is 6.54 Å². The summed E-state index contributed by atoms with van der Waals surface area (Å²) in [6.07, 6.45) is 3.96. The van der Waals surface area contributed by atoms with E-state index in [-0.39, 0.29) is 0 Å². The van der Waals surface area contributed by atoms with Crippen LogP contribution in [0.2, 0.25) is 0 Å². The first-order valence-corrected chi connectivity index (χ1v) is 5.76. The van der Waals surface area contributed by atoms with Crippen molar-refractivity contribution in [2.45, 2.75) is 19.8 Å². The van der Waals surface area contributed by atoms with Crippen molar-refractivity contribution in [3.63, 3.8) is 0 Å². The molecule has 3 nitrogen and oxygen atoms in total. The molecule has 0 heterocycles. The van der Waals surface area contributed by atoms with Crippen molar-refractivity contribution in [2.24, 2.45) is 5.73 Å². The van der Waals surface area contributed by atoms with Gasteiger partial charge in [0.1, 0.15) is 0 Å². The molecule has 94 valence electrons. The number of rotatable bonds is 5. The van der Waals surface area contributed by atoms with E-state index in [1.165, 1.54) is 5.56 Å². The molecular formula is C14H21NO2. The van der Waals surface area contributed by atoms with Crippen LogP contribution < -0.4 is 15.2 Å². The average molecular weight is 235 g/mol. The Kier molecular flexibility index (Phi) is 5.04. The lowest BCUT2D eigenvalue weighted by Crippen LogP contribution is -1.98. The van der Waals surface area contributed by atoms with Crippen molar-refractivity contribution in [1.82, 2.24) is 0 Å². The molecule has 0 atom stereocenters. The second-order valence-corrected chi connectivity index (χ2v) is 4.13. The monoisotopic (exact) mass is 235 g/mol. The largest absolute Gasteiger partial charge is 0.493 e. The zero-order chi connectivity index (χ0) is 12.8. The molecule has 2 N–H and O–H groups in total. The lowest BCUT2D eigenvalue weighted by Gasteiger charge is -2.15. The van der Waals surface area contributed by atoms with Gasteiger partial charge in [-0.3, -0.25) is 0 Å². The summed E-state index contributed by atoms with van der Waals surface area (Å²) in [6, 6.07) is 4.01. The Morgan fingerprint density at radius 3 is 2.24 bits per heavy atom. The lowest BCUT2D eigenvalue weighted by atomic mass is 9.96. The topological polar surface area (TPSA) is 44.5 Å². The molecule has 0 spiro atoms. The molecule has 0 saturated carbocycles. The van der Waals surface area contributed by atoms with Crippen LogP contribution in [-0.4, -0.2) is 20.8 Å². The second kappa shape index (κ2) is 6.30. The lowest BCUT2D eigenvalue weighted by molar-refractivity contribution is 0.354. The molecule has 1 aromatic carbocycles. The van der Waals surface area contributed by atoms with Crippen LogP contribution in [0.25, 0.3) is 6.08 Å². The third-order valence-electron chi connectivity index (χ3n) is 2.64. The molecule has 0 aromatic heterocycles. The highest BCUT2D eigenvalue weighted by molar-refractivity contribution is 5.61. The van der Waals surface area contributed by atoms with Crippen molar-refractivity contribution in [3.8, 4) is 11.5 Å². The summed E-state index contributed by atoms with van der Waals surface area (Å²) in [5, 5.41) is 0. The van der Waals surface area contributed by atoms with Gasteiger partial charge in [-0.2, -0.15) is 0 Å². The van der Waals surface area contributed by atoms with Crippen LogP contribution >= 0.6 is 0 Å². The van der Waals surface area contributed by atoms with E-state index in [2.05, 4.69) is 13.8 Å². The summed E-state index contributed by atoms with van der Waals surface area (Å²) in [5.41, 5.74) is 7.84. The number of hydrogen-bond donors (Lipinski definition) is 1. The van der Waals surface area contributed by atoms with E-state index in [1.807, 2.05) is 24.3 Å². The predicted molar refractivity (Wildman–Crippen MR) is 71.7 cm³/mol. The second-order valence-electron chi connectivity index (χ2n) is 4.13. The molecule has 0 bridgehead atoms. The van der Waals surface area contributed by atoms with E-state index in [4.69, 9.17) is 15.2 Å². The van der Waals surface area contributed by atoms with Crippen LogP contribution in [-0.2, 0) is 0 Å². The molecule has 1 aromatic rings. The van der Waals surface area contributed by atoms with Gasteiger partial charge < -0.3 is 15.2 Å². The quantitative estimate of drug-likeness (QED) is 0.853. The van der Waals surface area contributed by atoms with Gasteiger partial charge in [-0.1, -0.05) is 26.0 Å². The minimum atomic E-state index is 0.423. The Morgan fingerprint density at radius 1 is 1.18 bits per heavy atom. The Hall–Kier alpha value is -1.48. The van der Waals surface area contributed by atoms with Gasteiger partial charge in [-0.25, -0.2) is 0 Å². The third kappa shape index (κ3) is 3.24. The van der Waals surface area contributed by atoms with Crippen molar-refractivity contribution < 1.29 is 9.47 Å². The van der Waals surface area contributed by atoms with Crippen molar-refractivity contribution in [2.75, 3.05) is 20.8 Å². The van der Waals surface area contributed by atoms with E-state index >= 15 is 0 Å². The molecule has 0 radical (unpaired) electrons. The van der Waals surface area contributed by atoms with Gasteiger partial charge in [0.05, 0.1) is 14.2 Å².